The molecule has 0 N–H and O–H groups in total. The van der Waals surface area contributed by atoms with E-state index in [9.17, 15) is 9.18 Å². The SMILES string of the molecule is CCC(=O)c1ccc(OC)c(-c2cn(COCC[Si](C)(C)C)c3c(F)cccc23)n1. The van der Waals surface area contributed by atoms with Crippen LogP contribution in [0.4, 0.5) is 4.39 Å². The maximum Gasteiger partial charge on any atom is 0.180 e. The van der Waals surface area contributed by atoms with Crippen molar-refractivity contribution in [1.82, 2.24) is 9.55 Å². The standard InChI is InChI=1S/C23H29FN2O3Si/c1-6-20(27)19-10-11-21(28-2)22(25-19)17-14-26(15-29-12-13-30(3,4)5)23-16(17)8-7-9-18(23)24/h7-11,14H,6,12-13,15H2,1-5H3. The van der Waals surface area contributed by atoms with E-state index in [0.29, 0.717) is 46.6 Å². The Hall–Kier alpha value is -2.51. The molecule has 160 valence electrons. The van der Waals surface area contributed by atoms with Crippen molar-refractivity contribution in [2.45, 2.75) is 45.8 Å². The minimum Gasteiger partial charge on any atom is -0.494 e. The third-order valence-corrected chi connectivity index (χ3v) is 6.72. The first-order chi connectivity index (χ1) is 14.2. The molecule has 5 nitrogen and oxygen atoms in total. The summed E-state index contributed by atoms with van der Waals surface area (Å²) in [7, 11) is 0.349. The van der Waals surface area contributed by atoms with Crippen LogP contribution in [0.5, 0.6) is 5.75 Å². The number of ether oxygens (including phenoxy) is 2. The van der Waals surface area contributed by atoms with Gasteiger partial charge in [0, 0.05) is 38.2 Å². The van der Waals surface area contributed by atoms with Gasteiger partial charge in [-0.05, 0) is 24.2 Å². The van der Waals surface area contributed by atoms with Crippen LogP contribution in [0, 0.1) is 5.82 Å². The summed E-state index contributed by atoms with van der Waals surface area (Å²) in [6.45, 7) is 9.57. The molecule has 3 aromatic rings. The molecule has 0 bridgehead atoms. The van der Waals surface area contributed by atoms with E-state index >= 15 is 0 Å². The molecule has 0 aliphatic carbocycles. The number of ketones is 1. The van der Waals surface area contributed by atoms with Crippen LogP contribution in [0.15, 0.2) is 36.5 Å². The Balaban J connectivity index is 2.05. The number of aromatic nitrogens is 2. The fourth-order valence-corrected chi connectivity index (χ4v) is 4.04. The molecular weight excluding hydrogens is 399 g/mol. The minimum atomic E-state index is -1.21. The molecule has 0 aliphatic heterocycles. The number of methoxy groups -OCH3 is 1. The molecule has 0 fully saturated rings. The monoisotopic (exact) mass is 428 g/mol. The number of hydrogen-bond acceptors (Lipinski definition) is 4. The molecule has 0 aliphatic rings. The van der Waals surface area contributed by atoms with Crippen molar-refractivity contribution in [3.05, 3.63) is 48.0 Å². The number of carbonyl (C=O) groups excluding carboxylic acids is 1. The number of rotatable bonds is 9. The summed E-state index contributed by atoms with van der Waals surface area (Å²) in [5, 5.41) is 0.704. The van der Waals surface area contributed by atoms with Crippen LogP contribution >= 0.6 is 0 Å². The van der Waals surface area contributed by atoms with Crippen molar-refractivity contribution in [2.75, 3.05) is 13.7 Å². The Morgan fingerprint density at radius 2 is 1.97 bits per heavy atom. The number of benzene rings is 1. The molecular formula is C23H29FN2O3Si. The molecule has 7 heteroatoms. The second-order valence-corrected chi connectivity index (χ2v) is 14.1. The summed E-state index contributed by atoms with van der Waals surface area (Å²) < 4.78 is 27.9. The number of hydrogen-bond donors (Lipinski definition) is 0. The van der Waals surface area contributed by atoms with E-state index in [4.69, 9.17) is 9.47 Å². The smallest absolute Gasteiger partial charge is 0.180 e. The van der Waals surface area contributed by atoms with Crippen LogP contribution in [0.3, 0.4) is 0 Å². The van der Waals surface area contributed by atoms with Crippen LogP contribution < -0.4 is 4.74 Å². The maximum atomic E-state index is 14.7. The zero-order valence-corrected chi connectivity index (χ0v) is 19.3. The van der Waals surface area contributed by atoms with E-state index in [1.807, 2.05) is 12.3 Å². The van der Waals surface area contributed by atoms with Crippen LogP contribution in [-0.2, 0) is 11.5 Å². The van der Waals surface area contributed by atoms with Crippen LogP contribution in [0.1, 0.15) is 23.8 Å². The summed E-state index contributed by atoms with van der Waals surface area (Å²) in [5.41, 5.74) is 2.06. The van der Waals surface area contributed by atoms with Crippen molar-refractivity contribution in [3.63, 3.8) is 0 Å². The van der Waals surface area contributed by atoms with Crippen LogP contribution in [-0.4, -0.2) is 37.1 Å². The molecule has 2 heterocycles. The highest BCUT2D eigenvalue weighted by atomic mass is 28.3. The van der Waals surface area contributed by atoms with E-state index in [2.05, 4.69) is 24.6 Å². The normalized spacial score (nSPS) is 11.8. The van der Waals surface area contributed by atoms with Gasteiger partial charge in [0.15, 0.2) is 5.78 Å². The van der Waals surface area contributed by atoms with E-state index in [1.54, 1.807) is 36.8 Å². The van der Waals surface area contributed by atoms with E-state index in [1.165, 1.54) is 6.07 Å². The molecule has 30 heavy (non-hydrogen) atoms. The first kappa shape index (κ1) is 22.2. The molecule has 0 unspecified atom stereocenters. The number of fused-ring (bicyclic) bond motifs is 1. The number of nitrogens with zero attached hydrogens (tertiary/aromatic N) is 2. The summed E-state index contributed by atoms with van der Waals surface area (Å²) in [6, 6.07) is 9.39. The topological polar surface area (TPSA) is 53.4 Å². The zero-order chi connectivity index (χ0) is 21.9. The number of halogens is 1. The lowest BCUT2D eigenvalue weighted by molar-refractivity contribution is 0.0899. The molecule has 0 atom stereocenters. The lowest BCUT2D eigenvalue weighted by atomic mass is 10.1. The first-order valence-electron chi connectivity index (χ1n) is 10.2. The Morgan fingerprint density at radius 3 is 2.63 bits per heavy atom. The van der Waals surface area contributed by atoms with Gasteiger partial charge in [-0.1, -0.05) is 38.7 Å². The first-order valence-corrected chi connectivity index (χ1v) is 13.9. The van der Waals surface area contributed by atoms with Gasteiger partial charge in [0.2, 0.25) is 0 Å². The summed E-state index contributed by atoms with van der Waals surface area (Å²) in [6.07, 6.45) is 2.19. The molecule has 0 saturated carbocycles. The predicted molar refractivity (Wildman–Crippen MR) is 120 cm³/mol. The summed E-state index contributed by atoms with van der Waals surface area (Å²) >= 11 is 0. The average Bonchev–Trinajstić information content (AvgIpc) is 3.09. The Labute approximate surface area is 177 Å². The summed E-state index contributed by atoms with van der Waals surface area (Å²) in [5.74, 6) is 0.154. The molecule has 3 rings (SSSR count). The molecule has 2 aromatic heterocycles. The van der Waals surface area contributed by atoms with Crippen molar-refractivity contribution < 1.29 is 18.7 Å². The van der Waals surface area contributed by atoms with Crippen molar-refractivity contribution in [1.29, 1.82) is 0 Å². The quantitative estimate of drug-likeness (QED) is 0.247. The van der Waals surface area contributed by atoms with Gasteiger partial charge in [-0.3, -0.25) is 4.79 Å². The van der Waals surface area contributed by atoms with Crippen LogP contribution in [0.2, 0.25) is 25.7 Å². The lowest BCUT2D eigenvalue weighted by Gasteiger charge is -2.15. The Kier molecular flexibility index (Phi) is 6.73. The molecule has 0 saturated heterocycles. The van der Waals surface area contributed by atoms with E-state index < -0.39 is 8.07 Å². The highest BCUT2D eigenvalue weighted by Crippen LogP contribution is 2.36. The lowest BCUT2D eigenvalue weighted by Crippen LogP contribution is -2.22. The van der Waals surface area contributed by atoms with Crippen molar-refractivity contribution >= 4 is 24.8 Å². The third kappa shape index (κ3) is 4.79. The van der Waals surface area contributed by atoms with Crippen molar-refractivity contribution in [3.8, 4) is 17.0 Å². The van der Waals surface area contributed by atoms with Gasteiger partial charge in [-0.15, -0.1) is 0 Å². The van der Waals surface area contributed by atoms with Gasteiger partial charge in [-0.25, -0.2) is 9.37 Å². The zero-order valence-electron chi connectivity index (χ0n) is 18.3. The highest BCUT2D eigenvalue weighted by molar-refractivity contribution is 6.76. The van der Waals surface area contributed by atoms with Gasteiger partial charge < -0.3 is 14.0 Å². The molecule has 0 spiro atoms. The van der Waals surface area contributed by atoms with Crippen molar-refractivity contribution in [2.24, 2.45) is 0 Å². The van der Waals surface area contributed by atoms with Crippen LogP contribution in [0.25, 0.3) is 22.2 Å². The largest absolute Gasteiger partial charge is 0.494 e. The van der Waals surface area contributed by atoms with Gasteiger partial charge in [0.1, 0.15) is 29.7 Å². The van der Waals surface area contributed by atoms with Gasteiger partial charge in [0.05, 0.1) is 12.6 Å². The number of Topliss-reactive ketones (excluding diaryl/α,β-unsaturated/α-hetero) is 1. The maximum absolute atomic E-state index is 14.7. The number of pyridine rings is 1. The average molecular weight is 429 g/mol. The van der Waals surface area contributed by atoms with E-state index in [-0.39, 0.29) is 18.3 Å². The van der Waals surface area contributed by atoms with E-state index in [0.717, 1.165) is 6.04 Å². The summed E-state index contributed by atoms with van der Waals surface area (Å²) in [4.78, 5) is 16.8. The predicted octanol–water partition coefficient (Wildman–Crippen LogP) is 5.76. The fourth-order valence-electron chi connectivity index (χ4n) is 3.29. The molecule has 0 amide bonds. The third-order valence-electron chi connectivity index (χ3n) is 5.02. The highest BCUT2D eigenvalue weighted by Gasteiger charge is 2.20. The fraction of sp³-hybridized carbons (Fsp3) is 0.391. The van der Waals surface area contributed by atoms with Gasteiger partial charge in [-0.2, -0.15) is 0 Å². The minimum absolute atomic E-state index is 0.0523. The number of carbonyl (C=O) groups is 1. The Morgan fingerprint density at radius 1 is 1.20 bits per heavy atom. The second-order valence-electron chi connectivity index (χ2n) is 8.52. The second kappa shape index (κ2) is 9.10. The molecule has 1 aromatic carbocycles. The van der Waals surface area contributed by atoms with Gasteiger partial charge in [0.25, 0.3) is 0 Å². The molecule has 0 radical (unpaired) electrons. The Bertz CT molecular complexity index is 1060. The van der Waals surface area contributed by atoms with Gasteiger partial charge >= 0.3 is 0 Å². The number of para-hydroxylation sites is 1.